The first-order chi connectivity index (χ1) is 8.24. The predicted molar refractivity (Wildman–Crippen MR) is 72.7 cm³/mol. The summed E-state index contributed by atoms with van der Waals surface area (Å²) in [5, 5.41) is 0. The highest BCUT2D eigenvalue weighted by molar-refractivity contribution is 5.61. The van der Waals surface area contributed by atoms with Crippen LogP contribution in [0, 0.1) is 0 Å². The van der Waals surface area contributed by atoms with Gasteiger partial charge in [0, 0.05) is 36.1 Å². The molecule has 1 aromatic carbocycles. The molecule has 2 rings (SSSR count). The van der Waals surface area contributed by atoms with Crippen LogP contribution >= 0.6 is 0 Å². The topological polar surface area (TPSA) is 38.5 Å². The van der Waals surface area contributed by atoms with E-state index < -0.39 is 0 Å². The minimum Gasteiger partial charge on any atom is -0.497 e. The van der Waals surface area contributed by atoms with Gasteiger partial charge in [-0.1, -0.05) is 13.3 Å². The Labute approximate surface area is 104 Å². The summed E-state index contributed by atoms with van der Waals surface area (Å²) >= 11 is 0. The van der Waals surface area contributed by atoms with Gasteiger partial charge in [0.15, 0.2) is 0 Å². The molecule has 3 nitrogen and oxygen atoms in total. The van der Waals surface area contributed by atoms with Crippen molar-refractivity contribution in [2.45, 2.75) is 38.6 Å². The van der Waals surface area contributed by atoms with Gasteiger partial charge in [-0.25, -0.2) is 0 Å². The molecule has 1 aromatic rings. The fourth-order valence-corrected chi connectivity index (χ4v) is 2.13. The summed E-state index contributed by atoms with van der Waals surface area (Å²) < 4.78 is 5.28. The van der Waals surface area contributed by atoms with Crippen LogP contribution in [0.4, 0.5) is 11.4 Å². The summed E-state index contributed by atoms with van der Waals surface area (Å²) in [7, 11) is 1.69. The zero-order valence-corrected chi connectivity index (χ0v) is 10.8. The molecule has 0 radical (unpaired) electrons. The smallest absolute Gasteiger partial charge is 0.122 e. The molecule has 0 aliphatic heterocycles. The van der Waals surface area contributed by atoms with Gasteiger partial charge in [-0.2, -0.15) is 0 Å². The van der Waals surface area contributed by atoms with E-state index in [1.807, 2.05) is 6.07 Å². The number of benzene rings is 1. The number of rotatable bonds is 6. The molecule has 0 amide bonds. The second kappa shape index (κ2) is 5.30. The van der Waals surface area contributed by atoms with Gasteiger partial charge in [0.2, 0.25) is 0 Å². The fourth-order valence-electron chi connectivity index (χ4n) is 2.13. The zero-order valence-electron chi connectivity index (χ0n) is 10.8. The Morgan fingerprint density at radius 3 is 2.71 bits per heavy atom. The molecule has 1 fully saturated rings. The predicted octanol–water partition coefficient (Wildman–Crippen LogP) is 3.05. The highest BCUT2D eigenvalue weighted by atomic mass is 16.5. The van der Waals surface area contributed by atoms with E-state index in [4.69, 9.17) is 10.5 Å². The van der Waals surface area contributed by atoms with Gasteiger partial charge in [0.05, 0.1) is 7.11 Å². The number of unbranched alkanes of at least 4 members (excludes halogenated alkanes) is 1. The molecule has 0 saturated heterocycles. The van der Waals surface area contributed by atoms with Crippen LogP contribution in [0.5, 0.6) is 5.75 Å². The monoisotopic (exact) mass is 234 g/mol. The average molecular weight is 234 g/mol. The van der Waals surface area contributed by atoms with Crippen molar-refractivity contribution in [3.8, 4) is 5.75 Å². The van der Waals surface area contributed by atoms with Crippen molar-refractivity contribution in [3.05, 3.63) is 18.2 Å². The van der Waals surface area contributed by atoms with Crippen molar-refractivity contribution >= 4 is 11.4 Å². The van der Waals surface area contributed by atoms with Crippen LogP contribution in [0.2, 0.25) is 0 Å². The van der Waals surface area contributed by atoms with Crippen LogP contribution in [-0.2, 0) is 0 Å². The van der Waals surface area contributed by atoms with Crippen molar-refractivity contribution in [2.75, 3.05) is 24.3 Å². The third kappa shape index (κ3) is 3.05. The molecular weight excluding hydrogens is 212 g/mol. The first-order valence-corrected chi connectivity index (χ1v) is 6.45. The van der Waals surface area contributed by atoms with Crippen molar-refractivity contribution in [1.82, 2.24) is 0 Å². The minimum absolute atomic E-state index is 0.716. The van der Waals surface area contributed by atoms with Crippen LogP contribution in [0.1, 0.15) is 32.6 Å². The molecule has 0 unspecified atom stereocenters. The SMILES string of the molecule is CCCCN(c1cc(N)cc(OC)c1)C1CC1. The molecule has 1 aliphatic rings. The van der Waals surface area contributed by atoms with Gasteiger partial charge in [-0.05, 0) is 25.3 Å². The molecule has 0 atom stereocenters. The van der Waals surface area contributed by atoms with E-state index in [1.54, 1.807) is 7.11 Å². The maximum atomic E-state index is 5.92. The first-order valence-electron chi connectivity index (χ1n) is 6.45. The maximum absolute atomic E-state index is 5.92. The largest absolute Gasteiger partial charge is 0.497 e. The summed E-state index contributed by atoms with van der Waals surface area (Å²) in [6, 6.07) is 6.72. The summed E-state index contributed by atoms with van der Waals surface area (Å²) in [5.74, 6) is 0.849. The summed E-state index contributed by atoms with van der Waals surface area (Å²) in [6.07, 6.45) is 5.07. The molecule has 0 spiro atoms. The van der Waals surface area contributed by atoms with Crippen LogP contribution in [0.25, 0.3) is 0 Å². The lowest BCUT2D eigenvalue weighted by molar-refractivity contribution is 0.415. The van der Waals surface area contributed by atoms with Crippen LogP contribution in [-0.4, -0.2) is 19.7 Å². The fraction of sp³-hybridized carbons (Fsp3) is 0.571. The molecular formula is C14H22N2O. The van der Waals surface area contributed by atoms with E-state index >= 15 is 0 Å². The molecule has 0 aromatic heterocycles. The van der Waals surface area contributed by atoms with Crippen LogP contribution < -0.4 is 15.4 Å². The second-order valence-electron chi connectivity index (χ2n) is 4.74. The number of nitrogens with two attached hydrogens (primary N) is 1. The molecule has 1 aliphatic carbocycles. The van der Waals surface area contributed by atoms with Gasteiger partial charge in [0.25, 0.3) is 0 Å². The molecule has 0 heterocycles. The summed E-state index contributed by atoms with van der Waals surface area (Å²) in [5.41, 5.74) is 7.90. The molecule has 2 N–H and O–H groups in total. The van der Waals surface area contributed by atoms with E-state index in [1.165, 1.54) is 31.4 Å². The third-order valence-corrected chi connectivity index (χ3v) is 3.22. The van der Waals surface area contributed by atoms with E-state index in [2.05, 4.69) is 24.0 Å². The highest BCUT2D eigenvalue weighted by Gasteiger charge is 2.29. The van der Waals surface area contributed by atoms with Crippen molar-refractivity contribution in [2.24, 2.45) is 0 Å². The number of hydrogen-bond donors (Lipinski definition) is 1. The van der Waals surface area contributed by atoms with E-state index in [-0.39, 0.29) is 0 Å². The molecule has 3 heteroatoms. The maximum Gasteiger partial charge on any atom is 0.122 e. The third-order valence-electron chi connectivity index (χ3n) is 3.22. The van der Waals surface area contributed by atoms with Crippen LogP contribution in [0.3, 0.4) is 0 Å². The number of nitrogen functional groups attached to an aromatic ring is 1. The van der Waals surface area contributed by atoms with Crippen molar-refractivity contribution in [3.63, 3.8) is 0 Å². The Bertz CT molecular complexity index is 374. The Morgan fingerprint density at radius 1 is 1.35 bits per heavy atom. The lowest BCUT2D eigenvalue weighted by Crippen LogP contribution is -2.26. The Balaban J connectivity index is 2.18. The van der Waals surface area contributed by atoms with Gasteiger partial charge < -0.3 is 15.4 Å². The quantitative estimate of drug-likeness (QED) is 0.769. The lowest BCUT2D eigenvalue weighted by atomic mass is 10.2. The Kier molecular flexibility index (Phi) is 3.77. The molecule has 94 valence electrons. The number of ether oxygens (including phenoxy) is 1. The molecule has 0 bridgehead atoms. The lowest BCUT2D eigenvalue weighted by Gasteiger charge is -2.25. The average Bonchev–Trinajstić information content (AvgIpc) is 3.13. The van der Waals surface area contributed by atoms with E-state index in [0.29, 0.717) is 6.04 Å². The second-order valence-corrected chi connectivity index (χ2v) is 4.74. The van der Waals surface area contributed by atoms with Crippen molar-refractivity contribution < 1.29 is 4.74 Å². The molecule has 17 heavy (non-hydrogen) atoms. The number of nitrogens with zero attached hydrogens (tertiary/aromatic N) is 1. The zero-order chi connectivity index (χ0) is 12.3. The normalized spacial score (nSPS) is 14.7. The first kappa shape index (κ1) is 12.1. The van der Waals surface area contributed by atoms with Gasteiger partial charge in [-0.3, -0.25) is 0 Å². The van der Waals surface area contributed by atoms with E-state index in [0.717, 1.165) is 18.0 Å². The number of methoxy groups -OCH3 is 1. The van der Waals surface area contributed by atoms with Crippen LogP contribution in [0.15, 0.2) is 18.2 Å². The summed E-state index contributed by atoms with van der Waals surface area (Å²) in [6.45, 7) is 3.35. The van der Waals surface area contributed by atoms with Gasteiger partial charge >= 0.3 is 0 Å². The number of hydrogen-bond acceptors (Lipinski definition) is 3. The highest BCUT2D eigenvalue weighted by Crippen LogP contribution is 2.34. The molecule has 1 saturated carbocycles. The Morgan fingerprint density at radius 2 is 2.12 bits per heavy atom. The Hall–Kier alpha value is -1.38. The van der Waals surface area contributed by atoms with Gasteiger partial charge in [0.1, 0.15) is 5.75 Å². The summed E-state index contributed by atoms with van der Waals surface area (Å²) in [4.78, 5) is 2.47. The van der Waals surface area contributed by atoms with Gasteiger partial charge in [-0.15, -0.1) is 0 Å². The van der Waals surface area contributed by atoms with Crippen molar-refractivity contribution in [1.29, 1.82) is 0 Å². The van der Waals surface area contributed by atoms with E-state index in [9.17, 15) is 0 Å². The minimum atomic E-state index is 0.716. The number of anilines is 2. The standard InChI is InChI=1S/C14H22N2O/c1-3-4-7-16(12-5-6-12)13-8-11(15)9-14(10-13)17-2/h8-10,12H,3-7,15H2,1-2H3.